The van der Waals surface area contributed by atoms with Gasteiger partial charge in [-0.05, 0) is 55.0 Å². The molecule has 0 unspecified atom stereocenters. The molecule has 1 aromatic rings. The Kier molecular flexibility index (Phi) is 5.40. The van der Waals surface area contributed by atoms with Crippen LogP contribution in [-0.4, -0.2) is 6.54 Å². The summed E-state index contributed by atoms with van der Waals surface area (Å²) in [6, 6.07) is 5.21. The molecular weight excluding hydrogens is 305 g/mol. The molecule has 0 radical (unpaired) electrons. The van der Waals surface area contributed by atoms with E-state index in [2.05, 4.69) is 15.9 Å². The van der Waals surface area contributed by atoms with Gasteiger partial charge in [-0.2, -0.15) is 0 Å². The largest absolute Gasteiger partial charge is 0.330 e. The zero-order chi connectivity index (χ0) is 13.7. The van der Waals surface area contributed by atoms with Crippen molar-refractivity contribution >= 4 is 15.9 Å². The first-order chi connectivity index (χ1) is 9.15. The Balaban J connectivity index is 2.18. The van der Waals surface area contributed by atoms with E-state index in [9.17, 15) is 4.39 Å². The second kappa shape index (κ2) is 6.85. The molecule has 0 amide bonds. The quantitative estimate of drug-likeness (QED) is 0.846. The maximum Gasteiger partial charge on any atom is 0.126 e. The number of nitrogens with two attached hydrogens (primary N) is 1. The predicted octanol–water partition coefficient (Wildman–Crippen LogP) is 4.82. The van der Waals surface area contributed by atoms with Gasteiger partial charge in [-0.25, -0.2) is 4.39 Å². The van der Waals surface area contributed by atoms with Crippen molar-refractivity contribution in [2.45, 2.75) is 51.4 Å². The smallest absolute Gasteiger partial charge is 0.126 e. The van der Waals surface area contributed by atoms with Gasteiger partial charge in [0.1, 0.15) is 5.82 Å². The highest BCUT2D eigenvalue weighted by Crippen LogP contribution is 2.37. The van der Waals surface area contributed by atoms with Crippen molar-refractivity contribution in [1.29, 1.82) is 0 Å². The second-order valence-electron chi connectivity index (χ2n) is 5.88. The number of rotatable bonds is 3. The second-order valence-corrected chi connectivity index (χ2v) is 6.80. The Bertz CT molecular complexity index is 411. The first-order valence-electron chi connectivity index (χ1n) is 7.29. The lowest BCUT2D eigenvalue weighted by Gasteiger charge is -2.34. The first kappa shape index (κ1) is 15.0. The lowest BCUT2D eigenvalue weighted by molar-refractivity contribution is 0.215. The number of benzene rings is 1. The number of hydrogen-bond donors (Lipinski definition) is 1. The SMILES string of the molecule is NCC1(Cc2cc(Br)ccc2F)CCCCCCC1. The summed E-state index contributed by atoms with van der Waals surface area (Å²) in [4.78, 5) is 0. The van der Waals surface area contributed by atoms with Crippen LogP contribution in [0.2, 0.25) is 0 Å². The zero-order valence-corrected chi connectivity index (χ0v) is 13.0. The maximum absolute atomic E-state index is 14.0. The minimum Gasteiger partial charge on any atom is -0.330 e. The van der Waals surface area contributed by atoms with Crippen LogP contribution in [0.4, 0.5) is 4.39 Å². The molecule has 1 aliphatic rings. The van der Waals surface area contributed by atoms with Gasteiger partial charge < -0.3 is 5.73 Å². The van der Waals surface area contributed by atoms with Gasteiger partial charge in [0, 0.05) is 4.47 Å². The Morgan fingerprint density at radius 3 is 2.37 bits per heavy atom. The molecule has 1 nitrogen and oxygen atoms in total. The van der Waals surface area contributed by atoms with E-state index in [-0.39, 0.29) is 11.2 Å². The summed E-state index contributed by atoms with van der Waals surface area (Å²) in [6.45, 7) is 0.666. The topological polar surface area (TPSA) is 26.0 Å². The van der Waals surface area contributed by atoms with Crippen LogP contribution in [0.15, 0.2) is 22.7 Å². The van der Waals surface area contributed by atoms with Gasteiger partial charge in [-0.3, -0.25) is 0 Å². The third-order valence-corrected chi connectivity index (χ3v) is 4.91. The van der Waals surface area contributed by atoms with Crippen LogP contribution in [-0.2, 0) is 6.42 Å². The molecule has 0 saturated heterocycles. The molecule has 106 valence electrons. The molecule has 1 aromatic carbocycles. The van der Waals surface area contributed by atoms with Crippen molar-refractivity contribution in [3.63, 3.8) is 0 Å². The van der Waals surface area contributed by atoms with Crippen LogP contribution in [0.3, 0.4) is 0 Å². The third-order valence-electron chi connectivity index (χ3n) is 4.42. The van der Waals surface area contributed by atoms with Crippen molar-refractivity contribution in [3.8, 4) is 0 Å². The van der Waals surface area contributed by atoms with Gasteiger partial charge >= 0.3 is 0 Å². The van der Waals surface area contributed by atoms with Crippen molar-refractivity contribution < 1.29 is 4.39 Å². The Morgan fingerprint density at radius 2 is 1.74 bits per heavy atom. The van der Waals surface area contributed by atoms with Crippen molar-refractivity contribution in [1.82, 2.24) is 0 Å². The van der Waals surface area contributed by atoms with Crippen LogP contribution in [0.5, 0.6) is 0 Å². The van der Waals surface area contributed by atoms with Crippen molar-refractivity contribution in [3.05, 3.63) is 34.1 Å². The Labute approximate surface area is 123 Å². The minimum atomic E-state index is -0.0990. The highest BCUT2D eigenvalue weighted by atomic mass is 79.9. The van der Waals surface area contributed by atoms with Crippen LogP contribution >= 0.6 is 15.9 Å². The van der Waals surface area contributed by atoms with Crippen LogP contribution in [0, 0.1) is 11.2 Å². The molecule has 0 bridgehead atoms. The van der Waals surface area contributed by atoms with E-state index in [0.717, 1.165) is 29.3 Å². The molecule has 0 aliphatic heterocycles. The normalized spacial score (nSPS) is 19.7. The molecule has 0 heterocycles. The van der Waals surface area contributed by atoms with Gasteiger partial charge in [0.2, 0.25) is 0 Å². The molecule has 0 aromatic heterocycles. The lowest BCUT2D eigenvalue weighted by Crippen LogP contribution is -2.34. The van der Waals surface area contributed by atoms with Gasteiger partial charge in [-0.1, -0.05) is 48.0 Å². The summed E-state index contributed by atoms with van der Waals surface area (Å²) in [6.07, 6.45) is 9.43. The van der Waals surface area contributed by atoms with E-state index in [1.807, 2.05) is 6.07 Å². The predicted molar refractivity (Wildman–Crippen MR) is 81.6 cm³/mol. The van der Waals surface area contributed by atoms with E-state index >= 15 is 0 Å². The zero-order valence-electron chi connectivity index (χ0n) is 11.4. The van der Waals surface area contributed by atoms with E-state index in [0.29, 0.717) is 6.54 Å². The van der Waals surface area contributed by atoms with E-state index in [1.54, 1.807) is 12.1 Å². The molecule has 1 saturated carbocycles. The van der Waals surface area contributed by atoms with Gasteiger partial charge in [0.25, 0.3) is 0 Å². The monoisotopic (exact) mass is 327 g/mol. The Morgan fingerprint density at radius 1 is 1.11 bits per heavy atom. The van der Waals surface area contributed by atoms with Crippen molar-refractivity contribution in [2.75, 3.05) is 6.54 Å². The standard InChI is InChI=1S/C16H23BrFN/c17-14-6-7-15(18)13(10-14)11-16(12-19)8-4-2-1-3-5-9-16/h6-7,10H,1-5,8-9,11-12,19H2. The number of hydrogen-bond acceptors (Lipinski definition) is 1. The van der Waals surface area contributed by atoms with Gasteiger partial charge in [0.05, 0.1) is 0 Å². The van der Waals surface area contributed by atoms with E-state index < -0.39 is 0 Å². The molecule has 0 spiro atoms. The molecule has 3 heteroatoms. The molecule has 0 atom stereocenters. The fourth-order valence-corrected chi connectivity index (χ4v) is 3.60. The summed E-state index contributed by atoms with van der Waals surface area (Å²) >= 11 is 3.43. The average Bonchev–Trinajstić information content (AvgIpc) is 2.37. The molecule has 2 rings (SSSR count). The Hall–Kier alpha value is -0.410. The molecular formula is C16H23BrFN. The fourth-order valence-electron chi connectivity index (χ4n) is 3.19. The molecule has 1 fully saturated rings. The molecule has 2 N–H and O–H groups in total. The minimum absolute atomic E-state index is 0.0990. The summed E-state index contributed by atoms with van der Waals surface area (Å²) in [5.41, 5.74) is 6.97. The third kappa shape index (κ3) is 4.03. The van der Waals surface area contributed by atoms with Gasteiger partial charge in [-0.15, -0.1) is 0 Å². The van der Waals surface area contributed by atoms with Gasteiger partial charge in [0.15, 0.2) is 0 Å². The molecule has 19 heavy (non-hydrogen) atoms. The van der Waals surface area contributed by atoms with E-state index in [4.69, 9.17) is 5.73 Å². The summed E-state index contributed by atoms with van der Waals surface area (Å²) < 4.78 is 14.9. The number of halogens is 2. The summed E-state index contributed by atoms with van der Waals surface area (Å²) in [7, 11) is 0. The maximum atomic E-state index is 14.0. The molecule has 1 aliphatic carbocycles. The summed E-state index contributed by atoms with van der Waals surface area (Å²) in [5.74, 6) is -0.0990. The van der Waals surface area contributed by atoms with Crippen LogP contribution in [0.25, 0.3) is 0 Å². The van der Waals surface area contributed by atoms with E-state index in [1.165, 1.54) is 32.1 Å². The highest BCUT2D eigenvalue weighted by Gasteiger charge is 2.30. The lowest BCUT2D eigenvalue weighted by atomic mass is 9.72. The van der Waals surface area contributed by atoms with Crippen LogP contribution < -0.4 is 5.73 Å². The highest BCUT2D eigenvalue weighted by molar-refractivity contribution is 9.10. The summed E-state index contributed by atoms with van der Waals surface area (Å²) in [5, 5.41) is 0. The average molecular weight is 328 g/mol. The van der Waals surface area contributed by atoms with Crippen LogP contribution in [0.1, 0.15) is 50.5 Å². The first-order valence-corrected chi connectivity index (χ1v) is 8.09. The van der Waals surface area contributed by atoms with Crippen molar-refractivity contribution in [2.24, 2.45) is 11.1 Å². The fraction of sp³-hybridized carbons (Fsp3) is 0.625.